The minimum absolute atomic E-state index is 0.692. The van der Waals surface area contributed by atoms with Crippen molar-refractivity contribution < 1.29 is 0 Å². The molecule has 2 nitrogen and oxygen atoms in total. The highest BCUT2D eigenvalue weighted by atomic mass is 15.3. The summed E-state index contributed by atoms with van der Waals surface area (Å²) in [5.74, 6) is 0. The molecule has 70 valence electrons. The van der Waals surface area contributed by atoms with Crippen LogP contribution < -0.4 is 0 Å². The van der Waals surface area contributed by atoms with E-state index in [1.54, 1.807) is 0 Å². The number of piperazine rings is 1. The third kappa shape index (κ3) is 2.24. The summed E-state index contributed by atoms with van der Waals surface area (Å²) in [4.78, 5) is 4.87. The van der Waals surface area contributed by atoms with Crippen LogP contribution in [-0.2, 0) is 0 Å². The third-order valence-corrected chi connectivity index (χ3v) is 2.58. The fourth-order valence-corrected chi connectivity index (χ4v) is 1.62. The molecule has 0 amide bonds. The topological polar surface area (TPSA) is 6.48 Å². The van der Waals surface area contributed by atoms with Gasteiger partial charge in [0.05, 0.1) is 0 Å². The molecule has 0 atom stereocenters. The van der Waals surface area contributed by atoms with Gasteiger partial charge in [0.15, 0.2) is 0 Å². The molecule has 1 saturated heterocycles. The van der Waals surface area contributed by atoms with Gasteiger partial charge in [-0.2, -0.15) is 0 Å². The minimum atomic E-state index is 0.692. The SMILES string of the molecule is C=C(C)N1CCN(C(C)C)CC1. The van der Waals surface area contributed by atoms with Crippen molar-refractivity contribution in [2.24, 2.45) is 0 Å². The molecule has 1 aliphatic rings. The average Bonchev–Trinajstić information content (AvgIpc) is 2.04. The van der Waals surface area contributed by atoms with E-state index in [-0.39, 0.29) is 0 Å². The monoisotopic (exact) mass is 168 g/mol. The zero-order valence-electron chi connectivity index (χ0n) is 8.51. The predicted molar refractivity (Wildman–Crippen MR) is 53.1 cm³/mol. The van der Waals surface area contributed by atoms with E-state index >= 15 is 0 Å². The Hall–Kier alpha value is -0.500. The Morgan fingerprint density at radius 2 is 1.67 bits per heavy atom. The maximum absolute atomic E-state index is 3.96. The fraction of sp³-hybridized carbons (Fsp3) is 0.800. The van der Waals surface area contributed by atoms with Gasteiger partial charge >= 0.3 is 0 Å². The first-order chi connectivity index (χ1) is 5.61. The molecule has 12 heavy (non-hydrogen) atoms. The number of hydrogen-bond donors (Lipinski definition) is 0. The smallest absolute Gasteiger partial charge is 0.0303 e. The molecule has 0 spiro atoms. The molecule has 0 aliphatic carbocycles. The van der Waals surface area contributed by atoms with E-state index in [1.165, 1.54) is 18.8 Å². The van der Waals surface area contributed by atoms with Gasteiger partial charge in [0.25, 0.3) is 0 Å². The zero-order valence-corrected chi connectivity index (χ0v) is 8.51. The summed E-state index contributed by atoms with van der Waals surface area (Å²) < 4.78 is 0. The lowest BCUT2D eigenvalue weighted by Gasteiger charge is -2.38. The molecule has 0 radical (unpaired) electrons. The van der Waals surface area contributed by atoms with Crippen LogP contribution in [0.4, 0.5) is 0 Å². The lowest BCUT2D eigenvalue weighted by atomic mass is 10.2. The zero-order chi connectivity index (χ0) is 9.14. The second-order valence-electron chi connectivity index (χ2n) is 3.85. The average molecular weight is 168 g/mol. The highest BCUT2D eigenvalue weighted by Crippen LogP contribution is 2.09. The van der Waals surface area contributed by atoms with Crippen molar-refractivity contribution in [2.45, 2.75) is 26.8 Å². The third-order valence-electron chi connectivity index (χ3n) is 2.58. The molecule has 0 aromatic carbocycles. The molecular formula is C10H20N2. The van der Waals surface area contributed by atoms with Crippen LogP contribution in [0.15, 0.2) is 12.3 Å². The Morgan fingerprint density at radius 3 is 2.00 bits per heavy atom. The lowest BCUT2D eigenvalue weighted by Crippen LogP contribution is -2.47. The van der Waals surface area contributed by atoms with Crippen molar-refractivity contribution in [3.8, 4) is 0 Å². The van der Waals surface area contributed by atoms with Crippen LogP contribution in [-0.4, -0.2) is 42.0 Å². The number of hydrogen-bond acceptors (Lipinski definition) is 2. The largest absolute Gasteiger partial charge is 0.373 e. The van der Waals surface area contributed by atoms with Crippen LogP contribution in [0.25, 0.3) is 0 Å². The van der Waals surface area contributed by atoms with Crippen LogP contribution in [0.5, 0.6) is 0 Å². The molecule has 1 fully saturated rings. The molecule has 0 bridgehead atoms. The van der Waals surface area contributed by atoms with Gasteiger partial charge in [0.2, 0.25) is 0 Å². The van der Waals surface area contributed by atoms with Gasteiger partial charge in [0.1, 0.15) is 0 Å². The molecule has 1 heterocycles. The van der Waals surface area contributed by atoms with Gasteiger partial charge in [-0.1, -0.05) is 6.58 Å². The first kappa shape index (κ1) is 9.59. The van der Waals surface area contributed by atoms with E-state index in [9.17, 15) is 0 Å². The van der Waals surface area contributed by atoms with Crippen molar-refractivity contribution in [3.05, 3.63) is 12.3 Å². The first-order valence-electron chi connectivity index (χ1n) is 4.75. The van der Waals surface area contributed by atoms with Gasteiger partial charge in [-0.25, -0.2) is 0 Å². The molecule has 0 aromatic rings. The van der Waals surface area contributed by atoms with E-state index in [0.717, 1.165) is 13.1 Å². The van der Waals surface area contributed by atoms with Crippen molar-refractivity contribution in [1.29, 1.82) is 0 Å². The van der Waals surface area contributed by atoms with E-state index in [0.29, 0.717) is 6.04 Å². The highest BCUT2D eigenvalue weighted by molar-refractivity contribution is 4.91. The summed E-state index contributed by atoms with van der Waals surface area (Å²) in [6.45, 7) is 15.2. The molecular weight excluding hydrogens is 148 g/mol. The van der Waals surface area contributed by atoms with Gasteiger partial charge in [0, 0.05) is 37.9 Å². The maximum Gasteiger partial charge on any atom is 0.0303 e. The molecule has 0 aromatic heterocycles. The predicted octanol–water partition coefficient (Wildman–Crippen LogP) is 1.55. The Labute approximate surface area is 75.8 Å². The van der Waals surface area contributed by atoms with Crippen LogP contribution >= 0.6 is 0 Å². The first-order valence-corrected chi connectivity index (χ1v) is 4.75. The molecule has 2 heteroatoms. The molecule has 1 rings (SSSR count). The Balaban J connectivity index is 2.34. The van der Waals surface area contributed by atoms with Crippen LogP contribution in [0.2, 0.25) is 0 Å². The van der Waals surface area contributed by atoms with E-state index in [4.69, 9.17) is 0 Å². The summed E-state index contributed by atoms with van der Waals surface area (Å²) in [6.07, 6.45) is 0. The maximum atomic E-state index is 3.96. The van der Waals surface area contributed by atoms with E-state index in [2.05, 4.69) is 37.1 Å². The van der Waals surface area contributed by atoms with Crippen LogP contribution in [0.3, 0.4) is 0 Å². The molecule has 0 N–H and O–H groups in total. The second kappa shape index (κ2) is 3.94. The highest BCUT2D eigenvalue weighted by Gasteiger charge is 2.17. The van der Waals surface area contributed by atoms with Crippen LogP contribution in [0.1, 0.15) is 20.8 Å². The van der Waals surface area contributed by atoms with Crippen molar-refractivity contribution in [1.82, 2.24) is 9.80 Å². The van der Waals surface area contributed by atoms with E-state index < -0.39 is 0 Å². The summed E-state index contributed by atoms with van der Waals surface area (Å²) in [7, 11) is 0. The summed E-state index contributed by atoms with van der Waals surface area (Å²) in [5.41, 5.74) is 1.21. The number of rotatable bonds is 2. The molecule has 0 saturated carbocycles. The number of allylic oxidation sites excluding steroid dienone is 1. The van der Waals surface area contributed by atoms with Crippen molar-refractivity contribution >= 4 is 0 Å². The lowest BCUT2D eigenvalue weighted by molar-refractivity contribution is 0.130. The normalized spacial score (nSPS) is 20.2. The van der Waals surface area contributed by atoms with Gasteiger partial charge in [-0.15, -0.1) is 0 Å². The quantitative estimate of drug-likeness (QED) is 0.617. The summed E-state index contributed by atoms with van der Waals surface area (Å²) in [6, 6.07) is 0.692. The van der Waals surface area contributed by atoms with E-state index in [1.807, 2.05) is 0 Å². The van der Waals surface area contributed by atoms with Crippen molar-refractivity contribution in [2.75, 3.05) is 26.2 Å². The second-order valence-corrected chi connectivity index (χ2v) is 3.85. The molecule has 1 aliphatic heterocycles. The Bertz CT molecular complexity index is 155. The van der Waals surface area contributed by atoms with Gasteiger partial charge < -0.3 is 4.90 Å². The number of nitrogens with zero attached hydrogens (tertiary/aromatic N) is 2. The Morgan fingerprint density at radius 1 is 1.17 bits per heavy atom. The molecule has 0 unspecified atom stereocenters. The van der Waals surface area contributed by atoms with Crippen molar-refractivity contribution in [3.63, 3.8) is 0 Å². The standard InChI is InChI=1S/C10H20N2/c1-9(2)11-5-7-12(8-6-11)10(3)4/h10H,1,5-8H2,2-4H3. The van der Waals surface area contributed by atoms with Gasteiger partial charge in [-0.05, 0) is 20.8 Å². The van der Waals surface area contributed by atoms with Gasteiger partial charge in [-0.3, -0.25) is 4.90 Å². The summed E-state index contributed by atoms with van der Waals surface area (Å²) in [5, 5.41) is 0. The minimum Gasteiger partial charge on any atom is -0.373 e. The summed E-state index contributed by atoms with van der Waals surface area (Å²) >= 11 is 0. The fourth-order valence-electron chi connectivity index (χ4n) is 1.62. The van der Waals surface area contributed by atoms with Crippen LogP contribution in [0, 0.1) is 0 Å². The Kier molecular flexibility index (Phi) is 3.15.